The topological polar surface area (TPSA) is 108 Å². The molecular weight excluding hydrogens is 404 g/mol. The van der Waals surface area contributed by atoms with E-state index in [4.69, 9.17) is 20.2 Å². The summed E-state index contributed by atoms with van der Waals surface area (Å²) in [5.74, 6) is 1.83. The van der Waals surface area contributed by atoms with Gasteiger partial charge < -0.3 is 20.1 Å². The Morgan fingerprint density at radius 2 is 2.03 bits per heavy atom. The van der Waals surface area contributed by atoms with Crippen LogP contribution in [0.15, 0.2) is 30.6 Å². The van der Waals surface area contributed by atoms with Crippen molar-refractivity contribution in [1.82, 2.24) is 19.5 Å². The van der Waals surface area contributed by atoms with Gasteiger partial charge >= 0.3 is 0 Å². The summed E-state index contributed by atoms with van der Waals surface area (Å²) in [6, 6.07) is 7.93. The van der Waals surface area contributed by atoms with Gasteiger partial charge in [0.2, 0.25) is 5.95 Å². The molecule has 0 spiro atoms. The first-order valence-electron chi connectivity index (χ1n) is 10.00. The highest BCUT2D eigenvalue weighted by Crippen LogP contribution is 2.30. The number of rotatable bonds is 5. The van der Waals surface area contributed by atoms with Gasteiger partial charge in [-0.05, 0) is 19.1 Å². The molecule has 4 heterocycles. The largest absolute Gasteiger partial charge is 0.383 e. The zero-order valence-corrected chi connectivity index (χ0v) is 17.5. The summed E-state index contributed by atoms with van der Waals surface area (Å²) < 4.78 is 25.5. The lowest BCUT2D eigenvalue weighted by Gasteiger charge is -2.36. The molecule has 158 valence electrons. The van der Waals surface area contributed by atoms with E-state index in [-0.39, 0.29) is 11.3 Å². The normalized spacial score (nSPS) is 21.0. The van der Waals surface area contributed by atoms with Gasteiger partial charge in [-0.3, -0.25) is 8.78 Å². The average molecular weight is 429 g/mol. The van der Waals surface area contributed by atoms with E-state index in [9.17, 15) is 4.21 Å². The van der Waals surface area contributed by atoms with E-state index >= 15 is 0 Å². The fraction of sp³-hybridized carbons (Fsp3) is 0.450. The Balaban J connectivity index is 1.60. The summed E-state index contributed by atoms with van der Waals surface area (Å²) in [5.41, 5.74) is 8.91. The zero-order valence-electron chi connectivity index (χ0n) is 16.7. The monoisotopic (exact) mass is 428 g/mol. The molecule has 3 aromatic rings. The van der Waals surface area contributed by atoms with Gasteiger partial charge in [0.1, 0.15) is 18.0 Å². The van der Waals surface area contributed by atoms with Crippen LogP contribution in [-0.4, -0.2) is 68.0 Å². The van der Waals surface area contributed by atoms with Crippen molar-refractivity contribution in [3.8, 4) is 5.95 Å². The van der Waals surface area contributed by atoms with Gasteiger partial charge in [-0.15, -0.1) is 0 Å². The van der Waals surface area contributed by atoms with E-state index in [1.165, 1.54) is 0 Å². The van der Waals surface area contributed by atoms with Crippen molar-refractivity contribution in [2.75, 3.05) is 43.6 Å². The van der Waals surface area contributed by atoms with Crippen LogP contribution in [0.4, 0.5) is 11.6 Å². The number of imidazole rings is 1. The molecule has 0 aliphatic carbocycles. The minimum absolute atomic E-state index is 0.0385. The maximum Gasteiger partial charge on any atom is 0.239 e. The molecule has 2 aliphatic rings. The van der Waals surface area contributed by atoms with Crippen LogP contribution in [0.25, 0.3) is 17.0 Å². The van der Waals surface area contributed by atoms with E-state index in [2.05, 4.69) is 21.8 Å². The smallest absolute Gasteiger partial charge is 0.239 e. The average Bonchev–Trinajstić information content (AvgIpc) is 3.13. The Hall–Kier alpha value is -2.56. The molecule has 5 rings (SSSR count). The van der Waals surface area contributed by atoms with Crippen molar-refractivity contribution >= 4 is 33.5 Å². The highest BCUT2D eigenvalue weighted by atomic mass is 32.2. The Bertz CT molecular complexity index is 1100. The van der Waals surface area contributed by atoms with Crippen LogP contribution in [0.2, 0.25) is 0 Å². The van der Waals surface area contributed by atoms with Crippen molar-refractivity contribution in [1.29, 1.82) is 0 Å². The fourth-order valence-electron chi connectivity index (χ4n) is 3.75. The first-order valence-corrected chi connectivity index (χ1v) is 11.4. The summed E-state index contributed by atoms with van der Waals surface area (Å²) in [7, 11) is -1.09. The molecule has 2 aromatic heterocycles. The molecular formula is C20H24N6O3S. The Labute approximate surface area is 176 Å². The number of ether oxygens (including phenoxy) is 2. The number of nitrogens with zero attached hydrogens (tertiary/aromatic N) is 5. The number of nitrogens with two attached hydrogens (primary N) is 1. The number of fused-ring (bicyclic) bond motifs is 1. The quantitative estimate of drug-likeness (QED) is 0.647. The molecule has 0 radical (unpaired) electrons. The van der Waals surface area contributed by atoms with Crippen molar-refractivity contribution in [3.05, 3.63) is 36.2 Å². The predicted molar refractivity (Wildman–Crippen MR) is 115 cm³/mol. The Morgan fingerprint density at radius 1 is 1.20 bits per heavy atom. The molecule has 2 fully saturated rings. The summed E-state index contributed by atoms with van der Waals surface area (Å²) in [6.45, 7) is 5.03. The maximum absolute atomic E-state index is 12.8. The molecule has 2 N–H and O–H groups in total. The van der Waals surface area contributed by atoms with Crippen LogP contribution >= 0.6 is 0 Å². The van der Waals surface area contributed by atoms with Gasteiger partial charge in [-0.25, -0.2) is 4.98 Å². The molecule has 1 aromatic carbocycles. The van der Waals surface area contributed by atoms with Crippen LogP contribution in [0.5, 0.6) is 0 Å². The number of benzene rings is 1. The first-order chi connectivity index (χ1) is 14.6. The van der Waals surface area contributed by atoms with Crippen LogP contribution in [0.3, 0.4) is 0 Å². The fourth-order valence-corrected chi connectivity index (χ4v) is 5.04. The summed E-state index contributed by atoms with van der Waals surface area (Å²) in [4.78, 5) is 16.1. The summed E-state index contributed by atoms with van der Waals surface area (Å²) in [5, 5.41) is 0.0385. The van der Waals surface area contributed by atoms with Crippen LogP contribution in [0.1, 0.15) is 12.5 Å². The molecule has 30 heavy (non-hydrogen) atoms. The molecule has 1 unspecified atom stereocenters. The van der Waals surface area contributed by atoms with Crippen molar-refractivity contribution in [2.45, 2.75) is 24.0 Å². The molecule has 2 aliphatic heterocycles. The SMILES string of the molecule is C[C@@H]1COCCN1c1nc(-n2cnc3ccccc32)nc(N)c1CS(=O)C1COC1. The van der Waals surface area contributed by atoms with Gasteiger partial charge in [-0.1, -0.05) is 12.1 Å². The highest BCUT2D eigenvalue weighted by molar-refractivity contribution is 7.85. The van der Waals surface area contributed by atoms with E-state index in [1.54, 1.807) is 6.33 Å². The molecule has 0 saturated carbocycles. The molecule has 9 nitrogen and oxygen atoms in total. The van der Waals surface area contributed by atoms with Gasteiger partial charge in [0.25, 0.3) is 0 Å². The van der Waals surface area contributed by atoms with Crippen LogP contribution in [-0.2, 0) is 26.0 Å². The second-order valence-corrected chi connectivity index (χ2v) is 9.33. The van der Waals surface area contributed by atoms with Crippen molar-refractivity contribution in [2.24, 2.45) is 0 Å². The van der Waals surface area contributed by atoms with E-state index in [0.717, 1.165) is 22.4 Å². The van der Waals surface area contributed by atoms with Crippen LogP contribution in [0, 0.1) is 0 Å². The lowest BCUT2D eigenvalue weighted by Crippen LogP contribution is -2.45. The minimum atomic E-state index is -1.09. The summed E-state index contributed by atoms with van der Waals surface area (Å²) in [6.07, 6.45) is 1.70. The number of nitrogen functional groups attached to an aromatic ring is 1. The molecule has 0 amide bonds. The maximum atomic E-state index is 12.8. The van der Waals surface area contributed by atoms with Gasteiger partial charge in [0.15, 0.2) is 0 Å². The lowest BCUT2D eigenvalue weighted by molar-refractivity contribution is 0.0435. The van der Waals surface area contributed by atoms with E-state index in [0.29, 0.717) is 50.5 Å². The third-order valence-electron chi connectivity index (χ3n) is 5.58. The first kappa shape index (κ1) is 19.4. The zero-order chi connectivity index (χ0) is 20.7. The summed E-state index contributed by atoms with van der Waals surface area (Å²) >= 11 is 0. The van der Waals surface area contributed by atoms with Gasteiger partial charge in [0, 0.05) is 22.9 Å². The number of hydrogen-bond acceptors (Lipinski definition) is 8. The predicted octanol–water partition coefficient (Wildman–Crippen LogP) is 1.27. The van der Waals surface area contributed by atoms with Crippen molar-refractivity contribution in [3.63, 3.8) is 0 Å². The number of morpholine rings is 1. The minimum Gasteiger partial charge on any atom is -0.383 e. The molecule has 2 saturated heterocycles. The van der Waals surface area contributed by atoms with Gasteiger partial charge in [-0.2, -0.15) is 9.97 Å². The molecule has 10 heteroatoms. The van der Waals surface area contributed by atoms with Gasteiger partial charge in [0.05, 0.1) is 54.5 Å². The third kappa shape index (κ3) is 3.44. The second kappa shape index (κ2) is 7.93. The lowest BCUT2D eigenvalue weighted by atomic mass is 10.2. The van der Waals surface area contributed by atoms with E-state index < -0.39 is 10.8 Å². The van der Waals surface area contributed by atoms with Crippen LogP contribution < -0.4 is 10.6 Å². The third-order valence-corrected chi connectivity index (χ3v) is 7.17. The molecule has 2 atom stereocenters. The number of para-hydroxylation sites is 2. The second-order valence-electron chi connectivity index (χ2n) is 7.62. The number of aromatic nitrogens is 4. The standard InChI is InChI=1S/C20H24N6O3S/c1-13-8-28-7-6-25(13)19-15(11-30(27)14-9-29-10-14)18(21)23-20(24-19)26-12-22-16-4-2-3-5-17(16)26/h2-5,12-14H,6-11H2,1H3,(H2,21,23,24)/t13-,30?/m1/s1. The van der Waals surface area contributed by atoms with Crippen molar-refractivity contribution < 1.29 is 13.7 Å². The highest BCUT2D eigenvalue weighted by Gasteiger charge is 2.30. The molecule has 0 bridgehead atoms. The number of hydrogen-bond donors (Lipinski definition) is 1. The Kier molecular flexibility index (Phi) is 5.13. The Morgan fingerprint density at radius 3 is 2.80 bits per heavy atom. The number of anilines is 2. The van der Waals surface area contributed by atoms with E-state index in [1.807, 2.05) is 28.8 Å².